The van der Waals surface area contributed by atoms with Crippen molar-refractivity contribution in [1.82, 2.24) is 9.97 Å². The Morgan fingerprint density at radius 3 is 2.07 bits per heavy atom. The monoisotopic (exact) mass is 388 g/mol. The summed E-state index contributed by atoms with van der Waals surface area (Å²) in [6.45, 7) is 14.9. The van der Waals surface area contributed by atoms with Gasteiger partial charge in [0.2, 0.25) is 0 Å². The Morgan fingerprint density at radius 1 is 1.11 bits per heavy atom. The number of hydrogen-bond donors (Lipinski definition) is 2. The van der Waals surface area contributed by atoms with Crippen molar-refractivity contribution >= 4 is 18.6 Å². The van der Waals surface area contributed by atoms with Crippen LogP contribution in [0.15, 0.2) is 23.5 Å². The predicted octanol–water partition coefficient (Wildman–Crippen LogP) is 6.06. The van der Waals surface area contributed by atoms with Gasteiger partial charge in [0.1, 0.15) is 5.75 Å². The van der Waals surface area contributed by atoms with E-state index in [0.717, 1.165) is 35.2 Å². The van der Waals surface area contributed by atoms with Crippen LogP contribution in [-0.4, -0.2) is 15.9 Å². The van der Waals surface area contributed by atoms with Gasteiger partial charge in [-0.2, -0.15) is 0 Å². The number of rotatable bonds is 5. The number of aromatic amines is 1. The van der Waals surface area contributed by atoms with Crippen LogP contribution in [0.5, 0.6) is 5.75 Å². The average molecular weight is 389 g/mol. The molecule has 0 unspecified atom stereocenters. The van der Waals surface area contributed by atoms with E-state index in [1.54, 1.807) is 0 Å². The van der Waals surface area contributed by atoms with Gasteiger partial charge < -0.3 is 9.72 Å². The normalized spacial score (nSPS) is 12.3. The van der Waals surface area contributed by atoms with Crippen molar-refractivity contribution in [3.8, 4) is 17.0 Å². The highest BCUT2D eigenvalue weighted by Gasteiger charge is 2.29. The minimum atomic E-state index is -0.184. The molecule has 1 aromatic carbocycles. The fourth-order valence-electron chi connectivity index (χ4n) is 2.95. The third kappa shape index (κ3) is 5.38. The van der Waals surface area contributed by atoms with E-state index in [1.807, 2.05) is 6.20 Å². The minimum absolute atomic E-state index is 0.169. The zero-order valence-electron chi connectivity index (χ0n) is 17.6. The topological polar surface area (TPSA) is 55.0 Å². The Morgan fingerprint density at radius 2 is 1.67 bits per heavy atom. The largest absolute Gasteiger partial charge is 0.426 e. The second kappa shape index (κ2) is 8.09. The lowest BCUT2D eigenvalue weighted by atomic mass is 9.78. The summed E-state index contributed by atoms with van der Waals surface area (Å²) in [5.74, 6) is 0.527. The molecule has 0 aliphatic heterocycles. The highest BCUT2D eigenvalue weighted by molar-refractivity contribution is 7.80. The van der Waals surface area contributed by atoms with Crippen molar-refractivity contribution in [3.63, 3.8) is 0 Å². The number of esters is 1. The van der Waals surface area contributed by atoms with Gasteiger partial charge in [-0.25, -0.2) is 4.98 Å². The Hall–Kier alpha value is -1.75. The van der Waals surface area contributed by atoms with Crippen molar-refractivity contribution in [3.05, 3.63) is 29.5 Å². The van der Waals surface area contributed by atoms with E-state index < -0.39 is 0 Å². The molecule has 1 heterocycles. The third-order valence-electron chi connectivity index (χ3n) is 4.52. The molecule has 0 fully saturated rings. The fraction of sp³-hybridized carbons (Fsp3) is 0.545. The zero-order chi connectivity index (χ0) is 20.4. The lowest BCUT2D eigenvalue weighted by molar-refractivity contribution is -0.134. The van der Waals surface area contributed by atoms with Crippen LogP contribution in [0, 0.1) is 0 Å². The quantitative estimate of drug-likeness (QED) is 0.372. The van der Waals surface area contributed by atoms with E-state index in [2.05, 4.69) is 83.2 Å². The Kier molecular flexibility index (Phi) is 6.46. The van der Waals surface area contributed by atoms with Gasteiger partial charge in [0, 0.05) is 29.3 Å². The molecule has 0 radical (unpaired) electrons. The van der Waals surface area contributed by atoms with E-state index >= 15 is 0 Å². The fourth-order valence-corrected chi connectivity index (χ4v) is 3.12. The summed E-state index contributed by atoms with van der Waals surface area (Å²) in [6, 6.07) is 4.17. The summed E-state index contributed by atoms with van der Waals surface area (Å²) in [4.78, 5) is 19.9. The van der Waals surface area contributed by atoms with E-state index in [-0.39, 0.29) is 16.8 Å². The second-order valence-electron chi connectivity index (χ2n) is 9.09. The number of hydrogen-bond acceptors (Lipinski definition) is 4. The molecule has 27 heavy (non-hydrogen) atoms. The SMILES string of the molecule is CCCCC(=O)Oc1c(C(C)(C)C)cc(-c2c[nH]c(S)n2)cc1C(C)(C)C. The van der Waals surface area contributed by atoms with Gasteiger partial charge in [-0.1, -0.05) is 54.9 Å². The van der Waals surface area contributed by atoms with Crippen LogP contribution in [-0.2, 0) is 15.6 Å². The number of carbonyl (C=O) groups excluding carboxylic acids is 1. The van der Waals surface area contributed by atoms with Crippen LogP contribution >= 0.6 is 12.6 Å². The highest BCUT2D eigenvalue weighted by atomic mass is 32.1. The predicted molar refractivity (Wildman–Crippen MR) is 114 cm³/mol. The summed E-state index contributed by atoms with van der Waals surface area (Å²) in [5.41, 5.74) is 3.49. The lowest BCUT2D eigenvalue weighted by Gasteiger charge is -2.30. The Labute approximate surface area is 168 Å². The molecule has 0 amide bonds. The number of nitrogens with zero attached hydrogens (tertiary/aromatic N) is 1. The number of imidazole rings is 1. The van der Waals surface area contributed by atoms with Crippen molar-refractivity contribution in [2.75, 3.05) is 0 Å². The summed E-state index contributed by atoms with van der Waals surface area (Å²) < 4.78 is 5.95. The first-order valence-electron chi connectivity index (χ1n) is 9.58. The summed E-state index contributed by atoms with van der Waals surface area (Å²) in [5, 5.41) is 0.578. The molecule has 0 bridgehead atoms. The van der Waals surface area contributed by atoms with Gasteiger partial charge in [-0.05, 0) is 29.4 Å². The first-order chi connectivity index (χ1) is 12.4. The maximum atomic E-state index is 12.4. The summed E-state index contributed by atoms with van der Waals surface area (Å²) >= 11 is 4.28. The molecule has 0 saturated carbocycles. The third-order valence-corrected chi connectivity index (χ3v) is 4.74. The van der Waals surface area contributed by atoms with Gasteiger partial charge in [0.25, 0.3) is 0 Å². The Bertz CT molecular complexity index is 775. The molecule has 0 saturated heterocycles. The smallest absolute Gasteiger partial charge is 0.311 e. The molecule has 1 aromatic heterocycles. The number of aromatic nitrogens is 2. The number of unbranched alkanes of at least 4 members (excludes halogenated alkanes) is 1. The van der Waals surface area contributed by atoms with E-state index in [4.69, 9.17) is 4.74 Å². The summed E-state index contributed by atoms with van der Waals surface area (Å²) in [6.07, 6.45) is 4.10. The van der Waals surface area contributed by atoms with Crippen LogP contribution in [0.2, 0.25) is 0 Å². The number of nitrogens with one attached hydrogen (secondary N) is 1. The van der Waals surface area contributed by atoms with Crippen molar-refractivity contribution in [2.45, 2.75) is 83.7 Å². The number of benzene rings is 1. The molecule has 0 aliphatic carbocycles. The van der Waals surface area contributed by atoms with E-state index in [0.29, 0.717) is 17.3 Å². The van der Waals surface area contributed by atoms with E-state index in [9.17, 15) is 4.79 Å². The van der Waals surface area contributed by atoms with Crippen LogP contribution in [0.4, 0.5) is 0 Å². The molecule has 2 aromatic rings. The van der Waals surface area contributed by atoms with Crippen LogP contribution in [0.3, 0.4) is 0 Å². The molecule has 5 heteroatoms. The molecular formula is C22H32N2O2S. The molecular weight excluding hydrogens is 356 g/mol. The van der Waals surface area contributed by atoms with Gasteiger partial charge in [0.05, 0.1) is 5.69 Å². The number of carbonyl (C=O) groups is 1. The van der Waals surface area contributed by atoms with Crippen LogP contribution in [0.1, 0.15) is 78.9 Å². The molecule has 0 spiro atoms. The highest BCUT2D eigenvalue weighted by Crippen LogP contribution is 2.42. The van der Waals surface area contributed by atoms with E-state index in [1.165, 1.54) is 0 Å². The van der Waals surface area contributed by atoms with Gasteiger partial charge in [-0.15, -0.1) is 12.6 Å². The molecule has 4 nitrogen and oxygen atoms in total. The van der Waals surface area contributed by atoms with Gasteiger partial charge in [0.15, 0.2) is 5.16 Å². The van der Waals surface area contributed by atoms with Crippen molar-refractivity contribution < 1.29 is 9.53 Å². The zero-order valence-corrected chi connectivity index (χ0v) is 18.5. The lowest BCUT2D eigenvalue weighted by Crippen LogP contribution is -2.22. The molecule has 0 aliphatic rings. The molecule has 0 atom stereocenters. The maximum absolute atomic E-state index is 12.4. The average Bonchev–Trinajstić information content (AvgIpc) is 2.97. The Balaban J connectivity index is 2.66. The van der Waals surface area contributed by atoms with Gasteiger partial charge in [-0.3, -0.25) is 4.79 Å². The first kappa shape index (κ1) is 21.5. The van der Waals surface area contributed by atoms with Gasteiger partial charge >= 0.3 is 5.97 Å². The standard InChI is InChI=1S/C22H32N2O2S/c1-8-9-10-18(25)26-19-15(21(2,3)4)11-14(12-16(19)22(5,6)7)17-13-23-20(27)24-17/h11-13H,8-10H2,1-7H3,(H2,23,24,27). The van der Waals surface area contributed by atoms with Crippen molar-refractivity contribution in [2.24, 2.45) is 0 Å². The number of ether oxygens (including phenoxy) is 1. The summed E-state index contributed by atoms with van der Waals surface area (Å²) in [7, 11) is 0. The molecule has 148 valence electrons. The molecule has 2 rings (SSSR count). The minimum Gasteiger partial charge on any atom is -0.426 e. The number of thiol groups is 1. The maximum Gasteiger partial charge on any atom is 0.311 e. The first-order valence-corrected chi connectivity index (χ1v) is 10.0. The van der Waals surface area contributed by atoms with Crippen LogP contribution < -0.4 is 4.74 Å². The number of H-pyrrole nitrogens is 1. The van der Waals surface area contributed by atoms with Crippen molar-refractivity contribution in [1.29, 1.82) is 0 Å². The van der Waals surface area contributed by atoms with Crippen LogP contribution in [0.25, 0.3) is 11.3 Å². The second-order valence-corrected chi connectivity index (χ2v) is 9.51. The molecule has 1 N–H and O–H groups in total.